The second kappa shape index (κ2) is 6.95. The van der Waals surface area contributed by atoms with E-state index in [9.17, 15) is 9.59 Å². The van der Waals surface area contributed by atoms with Crippen molar-refractivity contribution in [1.82, 2.24) is 9.88 Å². The lowest BCUT2D eigenvalue weighted by molar-refractivity contribution is -0.132. The first kappa shape index (κ1) is 17.8. The molecule has 2 aromatic carbocycles. The van der Waals surface area contributed by atoms with Crippen molar-refractivity contribution in [1.29, 1.82) is 0 Å². The maximum absolute atomic E-state index is 12.8. The summed E-state index contributed by atoms with van der Waals surface area (Å²) in [6.45, 7) is 3.49. The first-order valence-corrected chi connectivity index (χ1v) is 9.88. The van der Waals surface area contributed by atoms with Gasteiger partial charge in [0.2, 0.25) is 12.7 Å². The van der Waals surface area contributed by atoms with E-state index in [-0.39, 0.29) is 18.3 Å². The molecule has 0 atom stereocenters. The zero-order chi connectivity index (χ0) is 20.0. The fraction of sp³-hybridized carbons (Fsp3) is 0.304. The molecule has 0 unspecified atom stereocenters. The summed E-state index contributed by atoms with van der Waals surface area (Å²) in [4.78, 5) is 30.0. The number of aromatic amines is 1. The van der Waals surface area contributed by atoms with Crippen LogP contribution in [0.25, 0.3) is 10.9 Å². The van der Waals surface area contributed by atoms with Crippen molar-refractivity contribution < 1.29 is 14.3 Å². The Morgan fingerprint density at radius 2 is 1.90 bits per heavy atom. The van der Waals surface area contributed by atoms with Gasteiger partial charge in [-0.2, -0.15) is 0 Å². The molecule has 0 fully saturated rings. The Morgan fingerprint density at radius 1 is 1.10 bits per heavy atom. The molecule has 148 valence electrons. The molecule has 0 radical (unpaired) electrons. The quantitative estimate of drug-likeness (QED) is 0.746. The number of carbonyl (C=O) groups is 1. The first-order chi connectivity index (χ1) is 14.1. The Kier molecular flexibility index (Phi) is 4.27. The molecule has 6 nitrogen and oxygen atoms in total. The number of nitrogens with zero attached hydrogens (tertiary/aromatic N) is 1. The number of aryl methyl sites for hydroxylation is 2. The minimum absolute atomic E-state index is 0.0664. The summed E-state index contributed by atoms with van der Waals surface area (Å²) in [5.41, 5.74) is 4.77. The number of fused-ring (bicyclic) bond motifs is 3. The Bertz CT molecular complexity index is 1180. The monoisotopic (exact) mass is 390 g/mol. The van der Waals surface area contributed by atoms with Crippen molar-refractivity contribution in [3.8, 4) is 11.5 Å². The fourth-order valence-electron chi connectivity index (χ4n) is 4.10. The molecule has 5 rings (SSSR count). The van der Waals surface area contributed by atoms with Gasteiger partial charge in [0, 0.05) is 30.6 Å². The second-order valence-corrected chi connectivity index (χ2v) is 7.75. The number of hydrogen-bond acceptors (Lipinski definition) is 4. The number of hydrogen-bond donors (Lipinski definition) is 1. The molecule has 2 aliphatic heterocycles. The summed E-state index contributed by atoms with van der Waals surface area (Å²) in [6.07, 6.45) is 1.55. The van der Waals surface area contributed by atoms with Crippen LogP contribution in [0.15, 0.2) is 41.2 Å². The molecule has 3 aromatic rings. The van der Waals surface area contributed by atoms with Crippen LogP contribution in [0.2, 0.25) is 0 Å². The topological polar surface area (TPSA) is 71.6 Å². The molecule has 1 aromatic heterocycles. The molecule has 0 aliphatic carbocycles. The van der Waals surface area contributed by atoms with Gasteiger partial charge in [-0.15, -0.1) is 0 Å². The van der Waals surface area contributed by atoms with Gasteiger partial charge >= 0.3 is 0 Å². The number of carbonyl (C=O) groups excluding carboxylic acids is 1. The maximum Gasteiger partial charge on any atom is 0.251 e. The summed E-state index contributed by atoms with van der Waals surface area (Å²) >= 11 is 0. The Labute approximate surface area is 168 Å². The van der Waals surface area contributed by atoms with E-state index >= 15 is 0 Å². The highest BCUT2D eigenvalue weighted by atomic mass is 16.7. The third kappa shape index (κ3) is 3.35. The summed E-state index contributed by atoms with van der Waals surface area (Å²) in [5.74, 6) is 1.60. The van der Waals surface area contributed by atoms with E-state index in [1.807, 2.05) is 48.2 Å². The Hall–Kier alpha value is -3.28. The second-order valence-electron chi connectivity index (χ2n) is 7.75. The van der Waals surface area contributed by atoms with E-state index in [0.29, 0.717) is 31.5 Å². The lowest BCUT2D eigenvalue weighted by Gasteiger charge is -2.29. The highest BCUT2D eigenvalue weighted by Crippen LogP contribution is 2.36. The van der Waals surface area contributed by atoms with Gasteiger partial charge in [-0.1, -0.05) is 12.1 Å². The van der Waals surface area contributed by atoms with Crippen LogP contribution >= 0.6 is 0 Å². The van der Waals surface area contributed by atoms with Gasteiger partial charge in [0.25, 0.3) is 5.56 Å². The van der Waals surface area contributed by atoms with Gasteiger partial charge in [0.1, 0.15) is 0 Å². The van der Waals surface area contributed by atoms with E-state index in [1.54, 1.807) is 0 Å². The molecular formula is C23H22N2O4. The van der Waals surface area contributed by atoms with E-state index in [0.717, 1.165) is 39.9 Å². The van der Waals surface area contributed by atoms with E-state index in [4.69, 9.17) is 9.47 Å². The van der Waals surface area contributed by atoms with Gasteiger partial charge in [0.05, 0.1) is 0 Å². The fourth-order valence-corrected chi connectivity index (χ4v) is 4.10. The normalized spacial score (nSPS) is 14.9. The Morgan fingerprint density at radius 3 is 2.72 bits per heavy atom. The number of aromatic nitrogens is 1. The number of benzene rings is 2. The molecule has 0 saturated heterocycles. The van der Waals surface area contributed by atoms with Gasteiger partial charge in [-0.05, 0) is 66.1 Å². The van der Waals surface area contributed by atoms with Crippen LogP contribution in [0.4, 0.5) is 0 Å². The number of ether oxygens (including phenoxy) is 2. The number of nitrogens with one attached hydrogen (secondary N) is 1. The average Bonchev–Trinajstić information content (AvgIpc) is 3.17. The van der Waals surface area contributed by atoms with E-state index < -0.39 is 0 Å². The predicted octanol–water partition coefficient (Wildman–Crippen LogP) is 3.08. The number of pyridine rings is 1. The van der Waals surface area contributed by atoms with Crippen molar-refractivity contribution >= 4 is 16.8 Å². The third-order valence-corrected chi connectivity index (χ3v) is 5.75. The van der Waals surface area contributed by atoms with Crippen LogP contribution in [0.5, 0.6) is 11.5 Å². The zero-order valence-electron chi connectivity index (χ0n) is 16.3. The van der Waals surface area contributed by atoms with E-state index in [1.165, 1.54) is 5.56 Å². The third-order valence-electron chi connectivity index (χ3n) is 5.75. The summed E-state index contributed by atoms with van der Waals surface area (Å²) in [5, 5.41) is 0.987. The van der Waals surface area contributed by atoms with Crippen LogP contribution < -0.4 is 15.0 Å². The molecule has 0 saturated carbocycles. The Balaban J connectivity index is 1.29. The van der Waals surface area contributed by atoms with Crippen LogP contribution in [0, 0.1) is 6.92 Å². The number of rotatable bonds is 3. The van der Waals surface area contributed by atoms with Crippen LogP contribution in [0.1, 0.15) is 28.7 Å². The number of amides is 1. The summed E-state index contributed by atoms with van der Waals surface area (Å²) < 4.78 is 10.9. The first-order valence-electron chi connectivity index (χ1n) is 9.88. The molecule has 0 bridgehead atoms. The molecule has 1 amide bonds. The molecule has 29 heavy (non-hydrogen) atoms. The molecular weight excluding hydrogens is 368 g/mol. The minimum atomic E-state index is -0.118. The van der Waals surface area contributed by atoms with Crippen molar-refractivity contribution in [3.63, 3.8) is 0 Å². The average molecular weight is 390 g/mol. The van der Waals surface area contributed by atoms with Crippen molar-refractivity contribution in [2.45, 2.75) is 32.7 Å². The molecule has 0 spiro atoms. The van der Waals surface area contributed by atoms with Crippen molar-refractivity contribution in [2.24, 2.45) is 0 Å². The van der Waals surface area contributed by atoms with Crippen LogP contribution in [-0.4, -0.2) is 29.1 Å². The van der Waals surface area contributed by atoms with Crippen LogP contribution in [-0.2, 0) is 24.2 Å². The molecule has 1 N–H and O–H groups in total. The van der Waals surface area contributed by atoms with Crippen molar-refractivity contribution in [2.75, 3.05) is 13.3 Å². The zero-order valence-corrected chi connectivity index (χ0v) is 16.3. The highest BCUT2D eigenvalue weighted by molar-refractivity contribution is 5.80. The highest BCUT2D eigenvalue weighted by Gasteiger charge is 2.24. The minimum Gasteiger partial charge on any atom is -0.454 e. The predicted molar refractivity (Wildman–Crippen MR) is 109 cm³/mol. The largest absolute Gasteiger partial charge is 0.454 e. The van der Waals surface area contributed by atoms with Crippen LogP contribution in [0.3, 0.4) is 0 Å². The summed E-state index contributed by atoms with van der Waals surface area (Å²) in [7, 11) is 0. The SMILES string of the molecule is Cc1ccc2cc(CCC(=O)N3CCc4cc5c(cc4C3)OCO5)c(=O)[nH]c2c1. The number of H-pyrrole nitrogens is 1. The van der Waals surface area contributed by atoms with Gasteiger partial charge in [0.15, 0.2) is 11.5 Å². The summed E-state index contributed by atoms with van der Waals surface area (Å²) in [6, 6.07) is 11.9. The van der Waals surface area contributed by atoms with Gasteiger partial charge in [-0.25, -0.2) is 0 Å². The maximum atomic E-state index is 12.8. The molecule has 2 aliphatic rings. The lowest BCUT2D eigenvalue weighted by atomic mass is 9.98. The van der Waals surface area contributed by atoms with Gasteiger partial charge in [-0.3, -0.25) is 9.59 Å². The molecule has 6 heteroatoms. The lowest BCUT2D eigenvalue weighted by Crippen LogP contribution is -2.36. The van der Waals surface area contributed by atoms with Gasteiger partial charge < -0.3 is 19.4 Å². The smallest absolute Gasteiger partial charge is 0.251 e. The van der Waals surface area contributed by atoms with E-state index in [2.05, 4.69) is 4.98 Å². The van der Waals surface area contributed by atoms with Crippen molar-refractivity contribution in [3.05, 3.63) is 69.0 Å². The standard InChI is InChI=1S/C23H22N2O4/c1-14-2-3-16-9-17(23(27)24-19(16)8-14)4-5-22(26)25-7-6-15-10-20-21(29-13-28-20)11-18(15)12-25/h2-3,8-11H,4-7,12-13H2,1H3,(H,24,27). The molecule has 3 heterocycles.